The Bertz CT molecular complexity index is 340. The van der Waals surface area contributed by atoms with Crippen LogP contribution in [0.3, 0.4) is 0 Å². The van der Waals surface area contributed by atoms with E-state index in [4.69, 9.17) is 17.3 Å². The summed E-state index contributed by atoms with van der Waals surface area (Å²) >= 11 is 7.62. The predicted molar refractivity (Wildman–Crippen MR) is 70.9 cm³/mol. The van der Waals surface area contributed by atoms with E-state index >= 15 is 0 Å². The van der Waals surface area contributed by atoms with E-state index in [-0.39, 0.29) is 0 Å². The third-order valence-corrected chi connectivity index (χ3v) is 4.73. The van der Waals surface area contributed by atoms with Crippen molar-refractivity contribution in [3.63, 3.8) is 0 Å². The highest BCUT2D eigenvalue weighted by molar-refractivity contribution is 7.16. The topological polar surface area (TPSA) is 29.3 Å². The first-order valence-electron chi connectivity index (χ1n) is 5.85. The van der Waals surface area contributed by atoms with Crippen LogP contribution in [0.25, 0.3) is 0 Å². The number of rotatable bonds is 3. The summed E-state index contributed by atoms with van der Waals surface area (Å²) in [6.45, 7) is 6.47. The van der Waals surface area contributed by atoms with Gasteiger partial charge < -0.3 is 5.73 Å². The molecule has 0 bridgehead atoms. The maximum Gasteiger partial charge on any atom is 0.0931 e. The Morgan fingerprint density at radius 3 is 3.00 bits per heavy atom. The Kier molecular flexibility index (Phi) is 4.25. The summed E-state index contributed by atoms with van der Waals surface area (Å²) in [4.78, 5) is 3.86. The molecule has 2 rings (SSSR count). The Morgan fingerprint density at radius 2 is 2.38 bits per heavy atom. The van der Waals surface area contributed by atoms with Gasteiger partial charge in [-0.25, -0.2) is 0 Å². The normalized spacial score (nSPS) is 27.2. The van der Waals surface area contributed by atoms with E-state index < -0.39 is 0 Å². The Labute approximate surface area is 106 Å². The maximum atomic E-state index is 5.94. The molecule has 16 heavy (non-hydrogen) atoms. The predicted octanol–water partition coefficient (Wildman–Crippen LogP) is 2.82. The van der Waals surface area contributed by atoms with E-state index in [2.05, 4.69) is 17.9 Å². The van der Waals surface area contributed by atoms with Crippen LogP contribution in [-0.4, -0.2) is 24.5 Å². The van der Waals surface area contributed by atoms with Gasteiger partial charge >= 0.3 is 0 Å². The van der Waals surface area contributed by atoms with Gasteiger partial charge in [0.1, 0.15) is 0 Å². The van der Waals surface area contributed by atoms with Gasteiger partial charge in [-0.1, -0.05) is 18.5 Å². The molecule has 2 atom stereocenters. The molecule has 0 radical (unpaired) electrons. The van der Waals surface area contributed by atoms with Crippen molar-refractivity contribution in [1.29, 1.82) is 0 Å². The van der Waals surface area contributed by atoms with Gasteiger partial charge in [0, 0.05) is 18.0 Å². The van der Waals surface area contributed by atoms with Crippen LogP contribution in [0, 0.1) is 11.8 Å². The van der Waals surface area contributed by atoms with E-state index in [1.54, 1.807) is 11.3 Å². The second-order valence-corrected chi connectivity index (χ2v) is 6.50. The quantitative estimate of drug-likeness (QED) is 0.904. The first-order chi connectivity index (χ1) is 7.69. The fourth-order valence-corrected chi connectivity index (χ4v) is 3.46. The number of nitrogens with zero attached hydrogens (tertiary/aromatic N) is 1. The van der Waals surface area contributed by atoms with Crippen LogP contribution in [0.5, 0.6) is 0 Å². The van der Waals surface area contributed by atoms with Crippen LogP contribution in [0.4, 0.5) is 0 Å². The minimum Gasteiger partial charge on any atom is -0.330 e. The van der Waals surface area contributed by atoms with Gasteiger partial charge in [-0.3, -0.25) is 4.90 Å². The number of nitrogens with two attached hydrogens (primary N) is 1. The second-order valence-electron chi connectivity index (χ2n) is 4.70. The van der Waals surface area contributed by atoms with E-state index in [1.165, 1.54) is 17.8 Å². The van der Waals surface area contributed by atoms with Crippen molar-refractivity contribution in [2.75, 3.05) is 19.6 Å². The highest BCUT2D eigenvalue weighted by atomic mass is 35.5. The summed E-state index contributed by atoms with van der Waals surface area (Å²) in [5.41, 5.74) is 5.81. The zero-order valence-electron chi connectivity index (χ0n) is 9.66. The highest BCUT2D eigenvalue weighted by Crippen LogP contribution is 2.27. The number of halogens is 1. The standard InChI is InChI=1S/C12H19ClN2S/c1-9-4-5-15(7-10(9)6-14)8-11-2-3-12(13)16-11/h2-3,9-10H,4-8,14H2,1H3. The second kappa shape index (κ2) is 5.50. The molecule has 1 aromatic rings. The fraction of sp³-hybridized carbons (Fsp3) is 0.667. The van der Waals surface area contributed by atoms with Crippen molar-refractivity contribution in [3.05, 3.63) is 21.3 Å². The molecule has 1 aliphatic rings. The summed E-state index contributed by atoms with van der Waals surface area (Å²) in [5.74, 6) is 1.43. The van der Waals surface area contributed by atoms with Gasteiger partial charge in [-0.05, 0) is 43.5 Å². The molecule has 1 aromatic heterocycles. The van der Waals surface area contributed by atoms with Gasteiger partial charge in [0.05, 0.1) is 4.34 Å². The molecular weight excluding hydrogens is 240 g/mol. The number of likely N-dealkylation sites (tertiary alicyclic amines) is 1. The molecule has 2 unspecified atom stereocenters. The van der Waals surface area contributed by atoms with Crippen molar-refractivity contribution in [1.82, 2.24) is 4.90 Å². The Balaban J connectivity index is 1.91. The van der Waals surface area contributed by atoms with Crippen LogP contribution in [0.1, 0.15) is 18.2 Å². The summed E-state index contributed by atoms with van der Waals surface area (Å²) in [6, 6.07) is 4.11. The average Bonchev–Trinajstić information content (AvgIpc) is 2.67. The van der Waals surface area contributed by atoms with Crippen LogP contribution in [-0.2, 0) is 6.54 Å². The zero-order valence-corrected chi connectivity index (χ0v) is 11.2. The maximum absolute atomic E-state index is 5.94. The van der Waals surface area contributed by atoms with Gasteiger partial charge in [-0.15, -0.1) is 11.3 Å². The van der Waals surface area contributed by atoms with E-state index in [9.17, 15) is 0 Å². The summed E-state index contributed by atoms with van der Waals surface area (Å²) in [7, 11) is 0. The SMILES string of the molecule is CC1CCN(Cc2ccc(Cl)s2)CC1CN. The van der Waals surface area contributed by atoms with Crippen molar-refractivity contribution < 1.29 is 0 Å². The van der Waals surface area contributed by atoms with Gasteiger partial charge in [0.15, 0.2) is 0 Å². The van der Waals surface area contributed by atoms with Crippen LogP contribution < -0.4 is 5.73 Å². The Morgan fingerprint density at radius 1 is 1.56 bits per heavy atom. The van der Waals surface area contributed by atoms with Crippen molar-refractivity contribution >= 4 is 22.9 Å². The summed E-state index contributed by atoms with van der Waals surface area (Å²) in [6.07, 6.45) is 1.26. The third-order valence-electron chi connectivity index (χ3n) is 3.51. The van der Waals surface area contributed by atoms with Crippen LogP contribution in [0.15, 0.2) is 12.1 Å². The fourth-order valence-electron chi connectivity index (χ4n) is 2.33. The Hall–Kier alpha value is -0.0900. The lowest BCUT2D eigenvalue weighted by atomic mass is 9.87. The number of hydrogen-bond acceptors (Lipinski definition) is 3. The molecule has 0 amide bonds. The molecule has 0 saturated carbocycles. The van der Waals surface area contributed by atoms with Crippen molar-refractivity contribution in [3.8, 4) is 0 Å². The lowest BCUT2D eigenvalue weighted by molar-refractivity contribution is 0.127. The summed E-state index contributed by atoms with van der Waals surface area (Å²) < 4.78 is 0.885. The molecule has 0 spiro atoms. The molecule has 1 aliphatic heterocycles. The van der Waals surface area contributed by atoms with Crippen LogP contribution in [0.2, 0.25) is 4.34 Å². The highest BCUT2D eigenvalue weighted by Gasteiger charge is 2.25. The van der Waals surface area contributed by atoms with E-state index in [0.717, 1.165) is 29.9 Å². The van der Waals surface area contributed by atoms with Gasteiger partial charge in [0.25, 0.3) is 0 Å². The average molecular weight is 259 g/mol. The van der Waals surface area contributed by atoms with Gasteiger partial charge in [-0.2, -0.15) is 0 Å². The monoisotopic (exact) mass is 258 g/mol. The molecule has 2 N–H and O–H groups in total. The molecule has 4 heteroatoms. The largest absolute Gasteiger partial charge is 0.330 e. The number of hydrogen-bond donors (Lipinski definition) is 1. The molecule has 1 saturated heterocycles. The minimum absolute atomic E-state index is 0.657. The number of thiophene rings is 1. The minimum atomic E-state index is 0.657. The van der Waals surface area contributed by atoms with Crippen molar-refractivity contribution in [2.24, 2.45) is 17.6 Å². The molecule has 0 aliphatic carbocycles. The van der Waals surface area contributed by atoms with E-state index in [0.29, 0.717) is 5.92 Å². The smallest absolute Gasteiger partial charge is 0.0931 e. The lowest BCUT2D eigenvalue weighted by Gasteiger charge is -2.36. The van der Waals surface area contributed by atoms with Crippen molar-refractivity contribution in [2.45, 2.75) is 19.9 Å². The first kappa shape index (κ1) is 12.4. The molecule has 2 nitrogen and oxygen atoms in total. The molecule has 2 heterocycles. The molecule has 90 valence electrons. The molecular formula is C12H19ClN2S. The zero-order chi connectivity index (χ0) is 11.5. The summed E-state index contributed by atoms with van der Waals surface area (Å²) in [5, 5.41) is 0. The van der Waals surface area contributed by atoms with Crippen LogP contribution >= 0.6 is 22.9 Å². The number of piperidine rings is 1. The van der Waals surface area contributed by atoms with Gasteiger partial charge in [0.2, 0.25) is 0 Å². The lowest BCUT2D eigenvalue weighted by Crippen LogP contribution is -2.42. The first-order valence-corrected chi connectivity index (χ1v) is 7.05. The molecule has 1 fully saturated rings. The van der Waals surface area contributed by atoms with E-state index in [1.807, 2.05) is 6.07 Å². The molecule has 0 aromatic carbocycles. The third kappa shape index (κ3) is 2.98.